The summed E-state index contributed by atoms with van der Waals surface area (Å²) in [6, 6.07) is 0. The standard InChI is InChI=1S/C36H70O7Si3/c1-24-28(31(38)39-14)29(37)30-35(11,12)26(21-27(36(30,13)42-24)43-46(19,20)34(8,9)10)25(22-40-44(15,16)32(2,3)4)23-41-45(17,18)33(5,6)7/h25-27,30H,21-23H2,1-20H3/t26-,27?,30+,36+/m0/s1. The first kappa shape index (κ1) is 41.4. The van der Waals surface area contributed by atoms with Gasteiger partial charge in [0.25, 0.3) is 0 Å². The van der Waals surface area contributed by atoms with Gasteiger partial charge in [0.2, 0.25) is 0 Å². The van der Waals surface area contributed by atoms with Crippen molar-refractivity contribution < 1.29 is 32.3 Å². The summed E-state index contributed by atoms with van der Waals surface area (Å²) < 4.78 is 33.0. The number of ketones is 1. The predicted octanol–water partition coefficient (Wildman–Crippen LogP) is 9.50. The molecule has 268 valence electrons. The smallest absolute Gasteiger partial charge is 0.344 e. The Morgan fingerprint density at radius 1 is 0.826 bits per heavy atom. The minimum atomic E-state index is -2.31. The average molecular weight is 699 g/mol. The van der Waals surface area contributed by atoms with Crippen molar-refractivity contribution in [3.63, 3.8) is 0 Å². The zero-order chi connectivity index (χ0) is 36.3. The molecule has 4 atom stereocenters. The highest BCUT2D eigenvalue weighted by Crippen LogP contribution is 2.59. The molecule has 2 aliphatic rings. The van der Waals surface area contributed by atoms with E-state index in [9.17, 15) is 9.59 Å². The lowest BCUT2D eigenvalue weighted by Crippen LogP contribution is -2.68. The van der Waals surface area contributed by atoms with Crippen LogP contribution in [0.15, 0.2) is 11.3 Å². The molecule has 0 radical (unpaired) electrons. The van der Waals surface area contributed by atoms with Crippen LogP contribution in [0, 0.1) is 23.2 Å². The van der Waals surface area contributed by atoms with Gasteiger partial charge in [0.15, 0.2) is 30.7 Å². The number of methoxy groups -OCH3 is 1. The second-order valence-electron chi connectivity index (χ2n) is 19.4. The maximum Gasteiger partial charge on any atom is 0.344 e. The maximum atomic E-state index is 14.6. The topological polar surface area (TPSA) is 80.3 Å². The van der Waals surface area contributed by atoms with Gasteiger partial charge in [0, 0.05) is 19.1 Å². The molecule has 1 aliphatic heterocycles. The molecular formula is C36H70O7Si3. The van der Waals surface area contributed by atoms with Crippen LogP contribution in [0.1, 0.15) is 96.4 Å². The molecule has 0 bridgehead atoms. The van der Waals surface area contributed by atoms with Crippen molar-refractivity contribution in [3.8, 4) is 0 Å². The molecule has 1 heterocycles. The molecule has 1 saturated carbocycles. The Bertz CT molecular complexity index is 1140. The van der Waals surface area contributed by atoms with Crippen LogP contribution in [0.5, 0.6) is 0 Å². The summed E-state index contributed by atoms with van der Waals surface area (Å²) in [6.07, 6.45) is 0.338. The zero-order valence-electron chi connectivity index (χ0n) is 33.3. The van der Waals surface area contributed by atoms with Gasteiger partial charge in [-0.05, 0) is 86.0 Å². The van der Waals surface area contributed by atoms with Gasteiger partial charge in [-0.25, -0.2) is 4.79 Å². The second-order valence-corrected chi connectivity index (χ2v) is 33.8. The summed E-state index contributed by atoms with van der Waals surface area (Å²) in [5.41, 5.74) is -1.52. The van der Waals surface area contributed by atoms with E-state index in [0.29, 0.717) is 25.4 Å². The third-order valence-corrected chi connectivity index (χ3v) is 26.2. The summed E-state index contributed by atoms with van der Waals surface area (Å²) in [5.74, 6) is -1.17. The van der Waals surface area contributed by atoms with E-state index >= 15 is 0 Å². The fraction of sp³-hybridized carbons (Fsp3) is 0.889. The second kappa shape index (κ2) is 13.2. The Hall–Kier alpha value is -0.789. The highest BCUT2D eigenvalue weighted by molar-refractivity contribution is 6.75. The summed E-state index contributed by atoms with van der Waals surface area (Å²) in [7, 11) is -5.20. The molecule has 0 spiro atoms. The lowest BCUT2D eigenvalue weighted by atomic mass is 9.51. The number of carbonyl (C=O) groups excluding carboxylic acids is 2. The van der Waals surface area contributed by atoms with E-state index < -0.39 is 47.9 Å². The molecule has 0 aromatic carbocycles. The van der Waals surface area contributed by atoms with E-state index in [0.717, 1.165) is 0 Å². The number of carbonyl (C=O) groups is 2. The average Bonchev–Trinajstić information content (AvgIpc) is 2.83. The van der Waals surface area contributed by atoms with Crippen molar-refractivity contribution in [2.75, 3.05) is 20.3 Å². The van der Waals surface area contributed by atoms with E-state index in [4.69, 9.17) is 22.8 Å². The summed E-state index contributed by atoms with van der Waals surface area (Å²) in [6.45, 7) is 43.1. The van der Waals surface area contributed by atoms with Crippen molar-refractivity contribution in [1.29, 1.82) is 0 Å². The van der Waals surface area contributed by atoms with Gasteiger partial charge in [-0.15, -0.1) is 0 Å². The summed E-state index contributed by atoms with van der Waals surface area (Å²) in [5, 5.41) is 0.0626. The molecule has 0 aromatic rings. The molecule has 1 unspecified atom stereocenters. The fourth-order valence-electron chi connectivity index (χ4n) is 6.52. The lowest BCUT2D eigenvalue weighted by Gasteiger charge is -2.61. The SMILES string of the molecule is COC(=O)C1=C(C)O[C@]2(C)C(O[Si](C)(C)C(C)(C)C)C[C@@H](C(CO[Si](C)(C)C(C)(C)C)CO[Si](C)(C)C(C)(C)C)C(C)(C)[C@H]2C1=O. The van der Waals surface area contributed by atoms with Crippen LogP contribution in [0.4, 0.5) is 0 Å². The quantitative estimate of drug-likeness (QED) is 0.128. The third-order valence-electron chi connectivity index (χ3n) is 12.7. The van der Waals surface area contributed by atoms with E-state index in [1.54, 1.807) is 6.92 Å². The number of rotatable bonds is 10. The van der Waals surface area contributed by atoms with Crippen LogP contribution in [0.3, 0.4) is 0 Å². The van der Waals surface area contributed by atoms with Crippen LogP contribution in [-0.4, -0.2) is 68.7 Å². The van der Waals surface area contributed by atoms with Gasteiger partial charge >= 0.3 is 5.97 Å². The van der Waals surface area contributed by atoms with Gasteiger partial charge in [0.1, 0.15) is 16.9 Å². The lowest BCUT2D eigenvalue weighted by molar-refractivity contribution is -0.207. The van der Waals surface area contributed by atoms with E-state index in [1.165, 1.54) is 7.11 Å². The molecule has 0 aromatic heterocycles. The molecule has 46 heavy (non-hydrogen) atoms. The van der Waals surface area contributed by atoms with Gasteiger partial charge in [-0.3, -0.25) is 4.79 Å². The molecule has 1 fully saturated rings. The molecule has 10 heteroatoms. The van der Waals surface area contributed by atoms with Crippen molar-refractivity contribution in [2.24, 2.45) is 23.2 Å². The Balaban J connectivity index is 2.80. The van der Waals surface area contributed by atoms with Crippen LogP contribution >= 0.6 is 0 Å². The minimum absolute atomic E-state index is 0.000247. The molecular weight excluding hydrogens is 629 g/mol. The van der Waals surface area contributed by atoms with Crippen molar-refractivity contribution in [2.45, 2.75) is 163 Å². The number of allylic oxidation sites excluding steroid dienone is 1. The van der Waals surface area contributed by atoms with E-state index in [1.807, 2.05) is 6.92 Å². The van der Waals surface area contributed by atoms with E-state index in [2.05, 4.69) is 115 Å². The first-order valence-corrected chi connectivity index (χ1v) is 26.0. The monoisotopic (exact) mass is 698 g/mol. The molecule has 1 aliphatic carbocycles. The van der Waals surface area contributed by atoms with Crippen LogP contribution in [0.25, 0.3) is 0 Å². The number of hydrogen-bond acceptors (Lipinski definition) is 7. The molecule has 0 amide bonds. The Labute approximate surface area is 285 Å². The molecule has 0 saturated heterocycles. The Kier molecular flexibility index (Phi) is 11.8. The number of ether oxygens (including phenoxy) is 2. The summed E-state index contributed by atoms with van der Waals surface area (Å²) in [4.78, 5) is 27.6. The number of Topliss-reactive ketones (excluding diaryl/α,β-unsaturated/α-hetero) is 1. The van der Waals surface area contributed by atoms with Gasteiger partial charge < -0.3 is 22.8 Å². The van der Waals surface area contributed by atoms with Crippen molar-refractivity contribution in [1.82, 2.24) is 0 Å². The predicted molar refractivity (Wildman–Crippen MR) is 196 cm³/mol. The van der Waals surface area contributed by atoms with Gasteiger partial charge in [-0.1, -0.05) is 76.2 Å². The number of esters is 1. The Morgan fingerprint density at radius 2 is 1.24 bits per heavy atom. The van der Waals surface area contributed by atoms with Crippen molar-refractivity contribution in [3.05, 3.63) is 11.3 Å². The molecule has 0 N–H and O–H groups in total. The fourth-order valence-corrected chi connectivity index (χ4v) is 10.0. The highest BCUT2D eigenvalue weighted by atomic mass is 28.4. The maximum absolute atomic E-state index is 14.6. The molecule has 2 rings (SSSR count). The number of hydrogen-bond donors (Lipinski definition) is 0. The largest absolute Gasteiger partial charge is 0.488 e. The van der Waals surface area contributed by atoms with Gasteiger partial charge in [0.05, 0.1) is 19.1 Å². The highest BCUT2D eigenvalue weighted by Gasteiger charge is 2.66. The number of fused-ring (bicyclic) bond motifs is 1. The van der Waals surface area contributed by atoms with Crippen LogP contribution < -0.4 is 0 Å². The van der Waals surface area contributed by atoms with Gasteiger partial charge in [-0.2, -0.15) is 0 Å². The minimum Gasteiger partial charge on any atom is -0.488 e. The van der Waals surface area contributed by atoms with Crippen LogP contribution in [0.2, 0.25) is 54.4 Å². The van der Waals surface area contributed by atoms with Crippen molar-refractivity contribution >= 4 is 36.7 Å². The molecule has 7 nitrogen and oxygen atoms in total. The normalized spacial score (nSPS) is 26.6. The summed E-state index contributed by atoms with van der Waals surface area (Å²) >= 11 is 0. The Morgan fingerprint density at radius 3 is 1.61 bits per heavy atom. The van der Waals surface area contributed by atoms with Crippen LogP contribution in [-0.2, 0) is 32.3 Å². The first-order valence-electron chi connectivity index (χ1n) is 17.3. The first-order chi connectivity index (χ1) is 20.3. The third kappa shape index (κ3) is 7.98. The zero-order valence-corrected chi connectivity index (χ0v) is 36.3. The van der Waals surface area contributed by atoms with E-state index in [-0.39, 0.29) is 44.4 Å².